The first-order chi connectivity index (χ1) is 13.2. The molecule has 0 spiro atoms. The number of nitrogens with one attached hydrogen (secondary N) is 2. The highest BCUT2D eigenvalue weighted by Crippen LogP contribution is 2.36. The molecule has 1 amide bonds. The van der Waals surface area contributed by atoms with Crippen LogP contribution in [0.4, 0.5) is 13.2 Å². The molecule has 0 aliphatic rings. The van der Waals surface area contributed by atoms with Crippen LogP contribution in [0.3, 0.4) is 0 Å². The van der Waals surface area contributed by atoms with Crippen LogP contribution < -0.4 is 11.1 Å². The Morgan fingerprint density at radius 2 is 1.93 bits per heavy atom. The third-order valence-corrected chi connectivity index (χ3v) is 4.07. The number of hydrogen-bond acceptors (Lipinski definition) is 4. The summed E-state index contributed by atoms with van der Waals surface area (Å²) in [6, 6.07) is 6.14. The number of carbonyl (C=O) groups is 2. The number of hydrogen-bond donors (Lipinski definition) is 4. The van der Waals surface area contributed by atoms with E-state index in [9.17, 15) is 18.0 Å². The SMILES string of the molecule is CC(Cc1c(C(F)(F)F)[nH]c2ccccc12)NC(=O)CN.CCSC.O=CO. The topological polar surface area (TPSA) is 108 Å². The Labute approximate surface area is 166 Å². The van der Waals surface area contributed by atoms with E-state index in [4.69, 9.17) is 15.6 Å². The van der Waals surface area contributed by atoms with E-state index in [1.54, 1.807) is 31.2 Å². The summed E-state index contributed by atoms with van der Waals surface area (Å²) >= 11 is 1.86. The van der Waals surface area contributed by atoms with Crippen LogP contribution >= 0.6 is 11.8 Å². The Bertz CT molecular complexity index is 734. The van der Waals surface area contributed by atoms with E-state index in [0.29, 0.717) is 10.9 Å². The van der Waals surface area contributed by atoms with Crippen molar-refractivity contribution in [2.75, 3.05) is 18.6 Å². The molecular formula is C18H26F3N3O3S. The molecule has 0 aliphatic carbocycles. The minimum absolute atomic E-state index is 0.0740. The minimum Gasteiger partial charge on any atom is -0.483 e. The lowest BCUT2D eigenvalue weighted by molar-refractivity contribution is -0.141. The van der Waals surface area contributed by atoms with Gasteiger partial charge in [-0.3, -0.25) is 9.59 Å². The number of para-hydroxylation sites is 1. The molecule has 0 aliphatic heterocycles. The molecule has 0 saturated heterocycles. The van der Waals surface area contributed by atoms with E-state index >= 15 is 0 Å². The summed E-state index contributed by atoms with van der Waals surface area (Å²) in [4.78, 5) is 22.0. The van der Waals surface area contributed by atoms with Gasteiger partial charge in [-0.05, 0) is 37.0 Å². The van der Waals surface area contributed by atoms with Crippen molar-refractivity contribution < 1.29 is 27.9 Å². The third-order valence-electron chi connectivity index (χ3n) is 3.49. The molecule has 0 bridgehead atoms. The van der Waals surface area contributed by atoms with Crippen molar-refractivity contribution in [1.29, 1.82) is 0 Å². The second-order valence-corrected chi connectivity index (χ2v) is 6.74. The second kappa shape index (κ2) is 13.1. The number of alkyl halides is 3. The van der Waals surface area contributed by atoms with Gasteiger partial charge in [0.05, 0.1) is 6.54 Å². The van der Waals surface area contributed by atoms with Gasteiger partial charge < -0.3 is 21.1 Å². The van der Waals surface area contributed by atoms with Gasteiger partial charge in [0.1, 0.15) is 5.69 Å². The van der Waals surface area contributed by atoms with Gasteiger partial charge in [-0.2, -0.15) is 24.9 Å². The van der Waals surface area contributed by atoms with Crippen molar-refractivity contribution in [3.63, 3.8) is 0 Å². The van der Waals surface area contributed by atoms with E-state index in [0.717, 1.165) is 0 Å². The maximum absolute atomic E-state index is 13.1. The molecule has 0 saturated carbocycles. The molecule has 28 heavy (non-hydrogen) atoms. The summed E-state index contributed by atoms with van der Waals surface area (Å²) in [6.45, 7) is 3.35. The molecule has 1 aromatic heterocycles. The fourth-order valence-corrected chi connectivity index (χ4v) is 2.34. The van der Waals surface area contributed by atoms with Crippen LogP contribution in [0.1, 0.15) is 25.1 Å². The molecule has 0 fully saturated rings. The van der Waals surface area contributed by atoms with Gasteiger partial charge in [0, 0.05) is 16.9 Å². The molecule has 158 valence electrons. The number of carbonyl (C=O) groups excluding carboxylic acids is 1. The Morgan fingerprint density at radius 1 is 1.39 bits per heavy atom. The van der Waals surface area contributed by atoms with Gasteiger partial charge in [-0.1, -0.05) is 25.1 Å². The van der Waals surface area contributed by atoms with E-state index in [2.05, 4.69) is 23.5 Å². The van der Waals surface area contributed by atoms with Crippen molar-refractivity contribution >= 4 is 35.0 Å². The number of carboxylic acid groups (broad SMARTS) is 1. The third kappa shape index (κ3) is 8.66. The molecule has 1 unspecified atom stereocenters. The summed E-state index contributed by atoms with van der Waals surface area (Å²) < 4.78 is 39.4. The molecule has 10 heteroatoms. The average molecular weight is 421 g/mol. The normalized spacial score (nSPS) is 11.5. The highest BCUT2D eigenvalue weighted by molar-refractivity contribution is 7.98. The first-order valence-electron chi connectivity index (χ1n) is 8.39. The molecule has 1 atom stereocenters. The lowest BCUT2D eigenvalue weighted by Crippen LogP contribution is -2.38. The number of halogens is 3. The molecule has 1 aromatic carbocycles. The van der Waals surface area contributed by atoms with E-state index in [1.165, 1.54) is 5.75 Å². The van der Waals surface area contributed by atoms with Gasteiger partial charge in [0.15, 0.2) is 0 Å². The number of aromatic amines is 1. The van der Waals surface area contributed by atoms with Crippen LogP contribution in [0, 0.1) is 0 Å². The van der Waals surface area contributed by atoms with Gasteiger partial charge in [-0.15, -0.1) is 0 Å². The number of H-pyrrole nitrogens is 1. The summed E-state index contributed by atoms with van der Waals surface area (Å²) in [5.74, 6) is 0.843. The van der Waals surface area contributed by atoms with Gasteiger partial charge in [0.25, 0.3) is 6.47 Å². The molecule has 5 N–H and O–H groups in total. The van der Waals surface area contributed by atoms with Gasteiger partial charge in [0.2, 0.25) is 5.91 Å². The zero-order chi connectivity index (χ0) is 21.7. The summed E-state index contributed by atoms with van der Waals surface area (Å²) in [5, 5.41) is 9.97. The van der Waals surface area contributed by atoms with Crippen LogP contribution in [0.15, 0.2) is 24.3 Å². The molecule has 1 heterocycles. The van der Waals surface area contributed by atoms with E-state index in [1.807, 2.05) is 11.8 Å². The Morgan fingerprint density at radius 3 is 2.39 bits per heavy atom. The van der Waals surface area contributed by atoms with Gasteiger partial charge in [-0.25, -0.2) is 0 Å². The van der Waals surface area contributed by atoms with E-state index < -0.39 is 23.8 Å². The number of fused-ring (bicyclic) bond motifs is 1. The zero-order valence-electron chi connectivity index (χ0n) is 16.0. The summed E-state index contributed by atoms with van der Waals surface area (Å²) in [6.07, 6.45) is -2.30. The molecule has 2 aromatic rings. The van der Waals surface area contributed by atoms with Gasteiger partial charge >= 0.3 is 6.18 Å². The molecule has 0 radical (unpaired) electrons. The van der Waals surface area contributed by atoms with Crippen molar-refractivity contribution in [2.24, 2.45) is 5.73 Å². The second-order valence-electron chi connectivity index (χ2n) is 5.58. The first kappa shape index (κ1) is 25.8. The predicted molar refractivity (Wildman–Crippen MR) is 106 cm³/mol. The van der Waals surface area contributed by atoms with Crippen LogP contribution in [-0.2, 0) is 22.2 Å². The molecule has 2 rings (SSSR count). The fourth-order valence-electron chi connectivity index (χ4n) is 2.34. The largest absolute Gasteiger partial charge is 0.483 e. The lowest BCUT2D eigenvalue weighted by atomic mass is 10.0. The quantitative estimate of drug-likeness (QED) is 0.554. The summed E-state index contributed by atoms with van der Waals surface area (Å²) in [5.41, 5.74) is 5.00. The zero-order valence-corrected chi connectivity index (χ0v) is 16.8. The van der Waals surface area contributed by atoms with Crippen LogP contribution in [0.2, 0.25) is 0 Å². The number of nitrogens with two attached hydrogens (primary N) is 1. The van der Waals surface area contributed by atoms with Crippen molar-refractivity contribution in [1.82, 2.24) is 10.3 Å². The average Bonchev–Trinajstić information content (AvgIpc) is 3.01. The Hall–Kier alpha value is -2.20. The smallest absolute Gasteiger partial charge is 0.431 e. The van der Waals surface area contributed by atoms with Crippen LogP contribution in [-0.4, -0.2) is 47.1 Å². The summed E-state index contributed by atoms with van der Waals surface area (Å²) in [7, 11) is 0. The molecular weight excluding hydrogens is 395 g/mol. The highest BCUT2D eigenvalue weighted by Gasteiger charge is 2.36. The number of amides is 1. The maximum Gasteiger partial charge on any atom is 0.431 e. The first-order valence-corrected chi connectivity index (χ1v) is 9.78. The maximum atomic E-state index is 13.1. The van der Waals surface area contributed by atoms with E-state index in [-0.39, 0.29) is 25.0 Å². The predicted octanol–water partition coefficient (Wildman–Crippen LogP) is 3.26. The number of aromatic nitrogens is 1. The number of rotatable bonds is 5. The van der Waals surface area contributed by atoms with Crippen LogP contribution in [0.5, 0.6) is 0 Å². The minimum atomic E-state index is -4.47. The number of thioether (sulfide) groups is 1. The fraction of sp³-hybridized carbons (Fsp3) is 0.444. The monoisotopic (exact) mass is 421 g/mol. The van der Waals surface area contributed by atoms with Crippen molar-refractivity contribution in [2.45, 2.75) is 32.5 Å². The standard InChI is InChI=1S/C14H16F3N3O.C3H8S.CH2O2/c1-8(19-12(21)7-18)6-10-9-4-2-3-5-11(9)20-13(10)14(15,16)17;1-3-4-2;2-1-3/h2-5,8,20H,6-7,18H2,1H3,(H,19,21);3H2,1-2H3;1H,(H,2,3). The van der Waals surface area contributed by atoms with Crippen molar-refractivity contribution in [3.8, 4) is 0 Å². The Kier molecular flexibility index (Phi) is 12.0. The van der Waals surface area contributed by atoms with Crippen molar-refractivity contribution in [3.05, 3.63) is 35.5 Å². The highest BCUT2D eigenvalue weighted by atomic mass is 32.2. The number of benzene rings is 1. The van der Waals surface area contributed by atoms with Crippen LogP contribution in [0.25, 0.3) is 10.9 Å². The Balaban J connectivity index is 0.000000904. The lowest BCUT2D eigenvalue weighted by Gasteiger charge is -2.15. The molecule has 6 nitrogen and oxygen atoms in total.